The van der Waals surface area contributed by atoms with E-state index in [0.717, 1.165) is 58.5 Å². The van der Waals surface area contributed by atoms with Gasteiger partial charge in [0.1, 0.15) is 0 Å². The zero-order valence-corrected chi connectivity index (χ0v) is 13.9. The normalized spacial score (nSPS) is 19.6. The van der Waals surface area contributed by atoms with Crippen LogP contribution in [0.15, 0.2) is 11.4 Å². The first-order valence-electron chi connectivity index (χ1n) is 7.59. The molecule has 3 heterocycles. The van der Waals surface area contributed by atoms with Crippen molar-refractivity contribution in [3.63, 3.8) is 0 Å². The summed E-state index contributed by atoms with van der Waals surface area (Å²) in [6, 6.07) is 2.24. The minimum Gasteiger partial charge on any atom is -0.355 e. The Labute approximate surface area is 136 Å². The Balaban J connectivity index is 0.00000161. The van der Waals surface area contributed by atoms with Crippen molar-refractivity contribution in [1.29, 1.82) is 0 Å². The van der Waals surface area contributed by atoms with Crippen LogP contribution in [-0.4, -0.2) is 43.5 Å². The maximum Gasteiger partial charge on any atom is 0.223 e. The third kappa shape index (κ3) is 4.42. The molecule has 1 aromatic heterocycles. The number of carbonyl (C=O) groups excluding carboxylic acids is 1. The summed E-state index contributed by atoms with van der Waals surface area (Å²) in [5, 5.41) is 8.60. The van der Waals surface area contributed by atoms with E-state index in [-0.39, 0.29) is 24.2 Å². The maximum absolute atomic E-state index is 12.0. The number of nitrogens with zero attached hydrogens (tertiary/aromatic N) is 1. The van der Waals surface area contributed by atoms with Gasteiger partial charge in [-0.15, -0.1) is 23.7 Å². The minimum atomic E-state index is 0. The number of halogens is 1. The SMILES string of the molecule is Cl.O=C(NCCN1CCc2sccc2C1)C1CCNCC1. The Kier molecular flexibility index (Phi) is 6.48. The van der Waals surface area contributed by atoms with Gasteiger partial charge in [-0.05, 0) is 49.4 Å². The monoisotopic (exact) mass is 329 g/mol. The van der Waals surface area contributed by atoms with E-state index in [1.165, 1.54) is 5.56 Å². The molecule has 0 atom stereocenters. The smallest absolute Gasteiger partial charge is 0.223 e. The lowest BCUT2D eigenvalue weighted by Gasteiger charge is -2.27. The highest BCUT2D eigenvalue weighted by atomic mass is 35.5. The predicted octanol–water partition coefficient (Wildman–Crippen LogP) is 1.64. The highest BCUT2D eigenvalue weighted by Crippen LogP contribution is 2.23. The van der Waals surface area contributed by atoms with Crippen molar-refractivity contribution in [2.75, 3.05) is 32.7 Å². The average Bonchev–Trinajstić information content (AvgIpc) is 2.95. The van der Waals surface area contributed by atoms with Gasteiger partial charge >= 0.3 is 0 Å². The number of amides is 1. The second kappa shape index (κ2) is 8.13. The summed E-state index contributed by atoms with van der Waals surface area (Å²) >= 11 is 1.87. The van der Waals surface area contributed by atoms with Gasteiger partial charge in [-0.2, -0.15) is 0 Å². The molecule has 2 aliphatic heterocycles. The number of nitrogens with one attached hydrogen (secondary N) is 2. The van der Waals surface area contributed by atoms with Crippen LogP contribution >= 0.6 is 23.7 Å². The Morgan fingerprint density at radius 1 is 1.43 bits per heavy atom. The molecule has 4 nitrogen and oxygen atoms in total. The number of hydrogen-bond acceptors (Lipinski definition) is 4. The van der Waals surface area contributed by atoms with Crippen molar-refractivity contribution >= 4 is 29.7 Å². The molecule has 6 heteroatoms. The molecule has 3 rings (SSSR count). The highest BCUT2D eigenvalue weighted by Gasteiger charge is 2.21. The van der Waals surface area contributed by atoms with Crippen LogP contribution in [0.3, 0.4) is 0 Å². The maximum atomic E-state index is 12.0. The number of fused-ring (bicyclic) bond motifs is 1. The van der Waals surface area contributed by atoms with Crippen LogP contribution in [0.4, 0.5) is 0 Å². The van der Waals surface area contributed by atoms with Crippen molar-refractivity contribution in [3.8, 4) is 0 Å². The summed E-state index contributed by atoms with van der Waals surface area (Å²) in [6.45, 7) is 5.86. The molecule has 1 amide bonds. The largest absolute Gasteiger partial charge is 0.355 e. The fraction of sp³-hybridized carbons (Fsp3) is 0.667. The lowest BCUT2D eigenvalue weighted by Crippen LogP contribution is -2.42. The molecular formula is C15H24ClN3OS. The van der Waals surface area contributed by atoms with E-state index in [0.29, 0.717) is 0 Å². The fourth-order valence-corrected chi connectivity index (χ4v) is 3.95. The second-order valence-corrected chi connectivity index (χ2v) is 6.71. The number of thiophene rings is 1. The van der Waals surface area contributed by atoms with Crippen LogP contribution in [0.5, 0.6) is 0 Å². The zero-order valence-electron chi connectivity index (χ0n) is 12.3. The fourth-order valence-electron chi connectivity index (χ4n) is 3.06. The van der Waals surface area contributed by atoms with Crippen LogP contribution in [-0.2, 0) is 17.8 Å². The molecule has 0 unspecified atom stereocenters. The molecule has 0 bridgehead atoms. The average molecular weight is 330 g/mol. The van der Waals surface area contributed by atoms with E-state index in [1.54, 1.807) is 4.88 Å². The van der Waals surface area contributed by atoms with Gasteiger partial charge in [-0.1, -0.05) is 0 Å². The number of hydrogen-bond donors (Lipinski definition) is 2. The highest BCUT2D eigenvalue weighted by molar-refractivity contribution is 7.10. The van der Waals surface area contributed by atoms with Crippen molar-refractivity contribution in [1.82, 2.24) is 15.5 Å². The van der Waals surface area contributed by atoms with Gasteiger partial charge in [-0.25, -0.2) is 0 Å². The Morgan fingerprint density at radius 3 is 3.05 bits per heavy atom. The molecule has 0 saturated carbocycles. The summed E-state index contributed by atoms with van der Waals surface area (Å²) in [6.07, 6.45) is 3.12. The minimum absolute atomic E-state index is 0. The molecule has 1 saturated heterocycles. The van der Waals surface area contributed by atoms with E-state index in [1.807, 2.05) is 11.3 Å². The van der Waals surface area contributed by atoms with Gasteiger partial charge in [0.15, 0.2) is 0 Å². The molecule has 1 fully saturated rings. The second-order valence-electron chi connectivity index (χ2n) is 5.71. The third-order valence-electron chi connectivity index (χ3n) is 4.32. The predicted molar refractivity (Wildman–Crippen MR) is 89.2 cm³/mol. The first kappa shape index (κ1) is 16.7. The van der Waals surface area contributed by atoms with Gasteiger partial charge in [0, 0.05) is 37.0 Å². The van der Waals surface area contributed by atoms with Gasteiger partial charge < -0.3 is 10.6 Å². The van der Waals surface area contributed by atoms with Crippen LogP contribution in [0.25, 0.3) is 0 Å². The van der Waals surface area contributed by atoms with E-state index >= 15 is 0 Å². The molecule has 21 heavy (non-hydrogen) atoms. The van der Waals surface area contributed by atoms with E-state index in [9.17, 15) is 4.79 Å². The Hall–Kier alpha value is -0.620. The molecule has 2 aliphatic rings. The van der Waals surface area contributed by atoms with Crippen LogP contribution in [0, 0.1) is 5.92 Å². The third-order valence-corrected chi connectivity index (χ3v) is 5.35. The number of rotatable bonds is 4. The standard InChI is InChI=1S/C15H23N3OS.ClH/c19-15(12-1-5-16-6-2-12)17-7-9-18-8-3-14-13(11-18)4-10-20-14;/h4,10,12,16H,1-3,5-9,11H2,(H,17,19);1H. The van der Waals surface area contributed by atoms with Crippen molar-refractivity contribution in [2.45, 2.75) is 25.8 Å². The molecule has 2 N–H and O–H groups in total. The Morgan fingerprint density at radius 2 is 2.24 bits per heavy atom. The van der Waals surface area contributed by atoms with Gasteiger partial charge in [0.05, 0.1) is 0 Å². The van der Waals surface area contributed by atoms with E-state index in [4.69, 9.17) is 0 Å². The van der Waals surface area contributed by atoms with Crippen molar-refractivity contribution in [3.05, 3.63) is 21.9 Å². The lowest BCUT2D eigenvalue weighted by atomic mass is 9.97. The summed E-state index contributed by atoms with van der Waals surface area (Å²) < 4.78 is 0. The number of piperidine rings is 1. The quantitative estimate of drug-likeness (QED) is 0.882. The van der Waals surface area contributed by atoms with Gasteiger partial charge in [0.25, 0.3) is 0 Å². The first-order chi connectivity index (χ1) is 9.83. The summed E-state index contributed by atoms with van der Waals surface area (Å²) in [4.78, 5) is 16.0. The molecule has 0 aromatic carbocycles. The summed E-state index contributed by atoms with van der Waals surface area (Å²) in [5.74, 6) is 0.473. The molecule has 0 aliphatic carbocycles. The van der Waals surface area contributed by atoms with Crippen LogP contribution < -0.4 is 10.6 Å². The molecule has 1 aromatic rings. The molecule has 0 spiro atoms. The summed E-state index contributed by atoms with van der Waals surface area (Å²) in [5.41, 5.74) is 1.48. The van der Waals surface area contributed by atoms with Gasteiger partial charge in [-0.3, -0.25) is 9.69 Å². The first-order valence-corrected chi connectivity index (χ1v) is 8.47. The number of carbonyl (C=O) groups is 1. The molecule has 0 radical (unpaired) electrons. The topological polar surface area (TPSA) is 44.4 Å². The lowest BCUT2D eigenvalue weighted by molar-refractivity contribution is -0.125. The van der Waals surface area contributed by atoms with Gasteiger partial charge in [0.2, 0.25) is 5.91 Å². The molecular weight excluding hydrogens is 306 g/mol. The summed E-state index contributed by atoms with van der Waals surface area (Å²) in [7, 11) is 0. The Bertz CT molecular complexity index is 460. The van der Waals surface area contributed by atoms with E-state index in [2.05, 4.69) is 27.0 Å². The van der Waals surface area contributed by atoms with E-state index < -0.39 is 0 Å². The van der Waals surface area contributed by atoms with Crippen LogP contribution in [0.1, 0.15) is 23.3 Å². The van der Waals surface area contributed by atoms with Crippen LogP contribution in [0.2, 0.25) is 0 Å². The van der Waals surface area contributed by atoms with Crippen molar-refractivity contribution in [2.24, 2.45) is 5.92 Å². The molecule has 118 valence electrons. The van der Waals surface area contributed by atoms with Crippen molar-refractivity contribution < 1.29 is 4.79 Å². The zero-order chi connectivity index (χ0) is 13.8.